The van der Waals surface area contributed by atoms with Crippen molar-refractivity contribution in [3.63, 3.8) is 0 Å². The lowest BCUT2D eigenvalue weighted by atomic mass is 10.1. The summed E-state index contributed by atoms with van der Waals surface area (Å²) in [5.41, 5.74) is 1.89. The predicted octanol–water partition coefficient (Wildman–Crippen LogP) is 2.67. The number of hydrogen-bond donors (Lipinski definition) is 1. The van der Waals surface area contributed by atoms with Crippen LogP contribution in [-0.2, 0) is 17.6 Å². The van der Waals surface area contributed by atoms with Crippen LogP contribution in [0.15, 0.2) is 35.0 Å². The van der Waals surface area contributed by atoms with E-state index < -0.39 is 0 Å². The summed E-state index contributed by atoms with van der Waals surface area (Å²) in [5, 5.41) is 7.86. The van der Waals surface area contributed by atoms with Gasteiger partial charge in [-0.3, -0.25) is 9.89 Å². The molecule has 2 aromatic heterocycles. The van der Waals surface area contributed by atoms with Gasteiger partial charge in [0, 0.05) is 36.4 Å². The van der Waals surface area contributed by atoms with E-state index in [2.05, 4.69) is 22.1 Å². The lowest BCUT2D eigenvalue weighted by Gasteiger charge is -2.16. The number of fused-ring (bicyclic) bond motifs is 1. The van der Waals surface area contributed by atoms with Crippen LogP contribution in [-0.4, -0.2) is 39.1 Å². The number of rotatable bonds is 4. The molecule has 1 atom stereocenters. The van der Waals surface area contributed by atoms with Gasteiger partial charge < -0.3 is 9.32 Å². The number of nitrogens with one attached hydrogen (secondary N) is 1. The number of nitrogens with zero attached hydrogens (tertiary/aromatic N) is 3. The van der Waals surface area contributed by atoms with Crippen LogP contribution in [0.3, 0.4) is 0 Å². The number of hydrogen-bond acceptors (Lipinski definition) is 4. The number of aromatic amines is 1. The maximum atomic E-state index is 12.8. The Morgan fingerprint density at radius 1 is 1.42 bits per heavy atom. The van der Waals surface area contributed by atoms with Crippen LogP contribution in [0.4, 0.5) is 0 Å². The minimum absolute atomic E-state index is 0.151. The molecule has 1 aliphatic rings. The van der Waals surface area contributed by atoms with E-state index in [1.54, 1.807) is 0 Å². The lowest BCUT2D eigenvalue weighted by Crippen LogP contribution is -2.30. The topological polar surface area (TPSA) is 75.0 Å². The minimum atomic E-state index is 0.151. The maximum absolute atomic E-state index is 12.8. The van der Waals surface area contributed by atoms with Gasteiger partial charge in [0.2, 0.25) is 5.91 Å². The van der Waals surface area contributed by atoms with E-state index in [4.69, 9.17) is 4.42 Å². The molecule has 1 aromatic carbocycles. The third kappa shape index (κ3) is 2.58. The fraction of sp³-hybridized carbons (Fsp3) is 0.389. The molecule has 1 unspecified atom stereocenters. The third-order valence-electron chi connectivity index (χ3n) is 4.79. The van der Waals surface area contributed by atoms with Crippen LogP contribution in [0.25, 0.3) is 11.0 Å². The first-order valence-electron chi connectivity index (χ1n) is 8.38. The summed E-state index contributed by atoms with van der Waals surface area (Å²) in [6.07, 6.45) is 3.62. The highest BCUT2D eigenvalue weighted by Crippen LogP contribution is 2.29. The summed E-state index contributed by atoms with van der Waals surface area (Å²) in [5.74, 6) is 2.19. The summed E-state index contributed by atoms with van der Waals surface area (Å²) in [6, 6.07) is 7.93. The number of aryl methyl sites for hydroxylation is 1. The number of carbonyl (C=O) groups is 1. The van der Waals surface area contributed by atoms with Crippen molar-refractivity contribution in [1.82, 2.24) is 20.1 Å². The van der Waals surface area contributed by atoms with Crippen LogP contribution in [0.5, 0.6) is 0 Å². The van der Waals surface area contributed by atoms with Crippen LogP contribution >= 0.6 is 0 Å². The largest absolute Gasteiger partial charge is 0.461 e. The summed E-state index contributed by atoms with van der Waals surface area (Å²) < 4.78 is 5.90. The molecule has 3 heterocycles. The molecule has 24 heavy (non-hydrogen) atoms. The number of aromatic nitrogens is 3. The molecule has 0 bridgehead atoms. The zero-order valence-electron chi connectivity index (χ0n) is 13.7. The van der Waals surface area contributed by atoms with Gasteiger partial charge in [-0.25, -0.2) is 4.98 Å². The second-order valence-electron chi connectivity index (χ2n) is 6.23. The number of carbonyl (C=O) groups excluding carboxylic acids is 1. The van der Waals surface area contributed by atoms with Gasteiger partial charge in [-0.15, -0.1) is 0 Å². The number of para-hydroxylation sites is 1. The van der Waals surface area contributed by atoms with Crippen LogP contribution in [0.2, 0.25) is 0 Å². The first kappa shape index (κ1) is 14.9. The van der Waals surface area contributed by atoms with Crippen LogP contribution < -0.4 is 0 Å². The van der Waals surface area contributed by atoms with Crippen molar-refractivity contribution in [3.05, 3.63) is 47.7 Å². The number of H-pyrrole nitrogens is 1. The van der Waals surface area contributed by atoms with Gasteiger partial charge in [0.15, 0.2) is 0 Å². The second kappa shape index (κ2) is 6.11. The molecular weight excluding hydrogens is 304 g/mol. The molecule has 1 amide bonds. The molecule has 0 aliphatic carbocycles. The average Bonchev–Trinajstić information content (AvgIpc) is 3.34. The Bertz CT molecular complexity index is 853. The Labute approximate surface area is 139 Å². The molecular formula is C18H20N4O2. The SMILES string of the molecule is CCc1oc2ccccc2c1CC(=O)N1CCC(c2ncn[nH]2)C1. The molecule has 1 aliphatic heterocycles. The molecule has 0 radical (unpaired) electrons. The van der Waals surface area contributed by atoms with E-state index in [9.17, 15) is 4.79 Å². The summed E-state index contributed by atoms with van der Waals surface area (Å²) in [4.78, 5) is 18.9. The van der Waals surface area contributed by atoms with Crippen molar-refractivity contribution in [2.45, 2.75) is 32.1 Å². The molecule has 3 aromatic rings. The molecule has 0 spiro atoms. The van der Waals surface area contributed by atoms with E-state index in [1.807, 2.05) is 29.2 Å². The molecule has 6 nitrogen and oxygen atoms in total. The van der Waals surface area contributed by atoms with Crippen LogP contribution in [0.1, 0.15) is 36.4 Å². The fourth-order valence-corrected chi connectivity index (χ4v) is 3.51. The maximum Gasteiger partial charge on any atom is 0.227 e. The third-order valence-corrected chi connectivity index (χ3v) is 4.79. The van der Waals surface area contributed by atoms with Gasteiger partial charge in [0.05, 0.1) is 6.42 Å². The number of furan rings is 1. The Hall–Kier alpha value is -2.63. The van der Waals surface area contributed by atoms with E-state index in [1.165, 1.54) is 6.33 Å². The molecule has 1 fully saturated rings. The van der Waals surface area contributed by atoms with Crippen molar-refractivity contribution in [2.75, 3.05) is 13.1 Å². The zero-order valence-corrected chi connectivity index (χ0v) is 13.7. The molecule has 0 saturated carbocycles. The lowest BCUT2D eigenvalue weighted by molar-refractivity contribution is -0.129. The predicted molar refractivity (Wildman–Crippen MR) is 89.6 cm³/mol. The standard InChI is InChI=1S/C18H20N4O2/c1-2-15-14(13-5-3-4-6-16(13)24-15)9-17(23)22-8-7-12(10-22)18-19-11-20-21-18/h3-6,11-12H,2,7-10H2,1H3,(H,19,20,21). The first-order chi connectivity index (χ1) is 11.8. The summed E-state index contributed by atoms with van der Waals surface area (Å²) >= 11 is 0. The Morgan fingerprint density at radius 2 is 2.29 bits per heavy atom. The van der Waals surface area contributed by atoms with Crippen molar-refractivity contribution in [1.29, 1.82) is 0 Å². The highest BCUT2D eigenvalue weighted by atomic mass is 16.3. The second-order valence-corrected chi connectivity index (χ2v) is 6.23. The molecule has 6 heteroatoms. The van der Waals surface area contributed by atoms with E-state index >= 15 is 0 Å². The van der Waals surface area contributed by atoms with Gasteiger partial charge in [-0.1, -0.05) is 25.1 Å². The van der Waals surface area contributed by atoms with E-state index in [0.29, 0.717) is 13.0 Å². The summed E-state index contributed by atoms with van der Waals surface area (Å²) in [7, 11) is 0. The first-order valence-corrected chi connectivity index (χ1v) is 8.38. The highest BCUT2D eigenvalue weighted by Gasteiger charge is 2.29. The van der Waals surface area contributed by atoms with Crippen molar-refractivity contribution in [3.8, 4) is 0 Å². The van der Waals surface area contributed by atoms with E-state index in [0.717, 1.165) is 47.5 Å². The average molecular weight is 324 g/mol. The number of likely N-dealkylation sites (tertiary alicyclic amines) is 1. The van der Waals surface area contributed by atoms with Crippen LogP contribution in [0, 0.1) is 0 Å². The normalized spacial score (nSPS) is 17.7. The fourth-order valence-electron chi connectivity index (χ4n) is 3.51. The van der Waals surface area contributed by atoms with Gasteiger partial charge >= 0.3 is 0 Å². The smallest absolute Gasteiger partial charge is 0.227 e. The van der Waals surface area contributed by atoms with E-state index in [-0.39, 0.29) is 11.8 Å². The molecule has 4 rings (SSSR count). The molecule has 1 saturated heterocycles. The minimum Gasteiger partial charge on any atom is -0.461 e. The highest BCUT2D eigenvalue weighted by molar-refractivity contribution is 5.88. The monoisotopic (exact) mass is 324 g/mol. The van der Waals surface area contributed by atoms with Crippen molar-refractivity contribution >= 4 is 16.9 Å². The van der Waals surface area contributed by atoms with Crippen molar-refractivity contribution in [2.24, 2.45) is 0 Å². The van der Waals surface area contributed by atoms with Gasteiger partial charge in [-0.05, 0) is 12.5 Å². The van der Waals surface area contributed by atoms with Gasteiger partial charge in [-0.2, -0.15) is 5.10 Å². The van der Waals surface area contributed by atoms with Gasteiger partial charge in [0.25, 0.3) is 0 Å². The Balaban J connectivity index is 1.53. The van der Waals surface area contributed by atoms with Crippen molar-refractivity contribution < 1.29 is 9.21 Å². The quantitative estimate of drug-likeness (QED) is 0.800. The number of amides is 1. The molecule has 1 N–H and O–H groups in total. The Kier molecular flexibility index (Phi) is 3.80. The summed E-state index contributed by atoms with van der Waals surface area (Å²) in [6.45, 7) is 3.52. The number of benzene rings is 1. The van der Waals surface area contributed by atoms with Gasteiger partial charge in [0.1, 0.15) is 23.5 Å². The zero-order chi connectivity index (χ0) is 16.5. The Morgan fingerprint density at radius 3 is 3.08 bits per heavy atom. The molecule has 124 valence electrons.